The smallest absolute Gasteiger partial charge is 0.229 e. The zero-order chi connectivity index (χ0) is 20.3. The summed E-state index contributed by atoms with van der Waals surface area (Å²) in [6, 6.07) is 10.9. The molecule has 0 saturated carbocycles. The molecular formula is C20H22O8. The SMILES string of the molecule is OCC1O[C@@H](Oc2cc(O)cc(/C=C/c3ccc(O)cc3)c2)[C@H](O)C(O)[C@H]1O. The Kier molecular flexibility index (Phi) is 6.18. The first-order valence-corrected chi connectivity index (χ1v) is 8.65. The lowest BCUT2D eigenvalue weighted by molar-refractivity contribution is -0.277. The van der Waals surface area contributed by atoms with Crippen LogP contribution in [0.1, 0.15) is 11.1 Å². The topological polar surface area (TPSA) is 140 Å². The summed E-state index contributed by atoms with van der Waals surface area (Å²) in [5, 5.41) is 58.2. The fourth-order valence-electron chi connectivity index (χ4n) is 2.85. The summed E-state index contributed by atoms with van der Waals surface area (Å²) in [5.41, 5.74) is 1.42. The highest BCUT2D eigenvalue weighted by Crippen LogP contribution is 2.28. The van der Waals surface area contributed by atoms with E-state index >= 15 is 0 Å². The van der Waals surface area contributed by atoms with E-state index in [4.69, 9.17) is 9.47 Å². The first-order valence-electron chi connectivity index (χ1n) is 8.65. The molecule has 28 heavy (non-hydrogen) atoms. The Bertz CT molecular complexity index is 817. The quantitative estimate of drug-likeness (QED) is 0.405. The van der Waals surface area contributed by atoms with Gasteiger partial charge in [0.25, 0.3) is 0 Å². The van der Waals surface area contributed by atoms with Crippen molar-refractivity contribution in [3.63, 3.8) is 0 Å². The fourth-order valence-corrected chi connectivity index (χ4v) is 2.85. The number of phenolic OH excluding ortho intramolecular Hbond substituents is 2. The molecule has 3 rings (SSSR count). The molecule has 0 aliphatic carbocycles. The number of aromatic hydroxyl groups is 2. The van der Waals surface area contributed by atoms with Crippen LogP contribution in [-0.2, 0) is 4.74 Å². The van der Waals surface area contributed by atoms with Gasteiger partial charge in [-0.25, -0.2) is 0 Å². The van der Waals surface area contributed by atoms with Crippen molar-refractivity contribution in [3.05, 3.63) is 53.6 Å². The lowest BCUT2D eigenvalue weighted by Crippen LogP contribution is -2.60. The predicted octanol–water partition coefficient (Wildman–Crippen LogP) is 0.447. The van der Waals surface area contributed by atoms with E-state index in [2.05, 4.69) is 0 Å². The molecule has 0 spiro atoms. The monoisotopic (exact) mass is 390 g/mol. The van der Waals surface area contributed by atoms with Crippen molar-refractivity contribution in [2.24, 2.45) is 0 Å². The molecule has 150 valence electrons. The molecule has 0 radical (unpaired) electrons. The molecule has 1 saturated heterocycles. The standard InChI is InChI=1S/C20H22O8/c21-10-16-17(24)18(25)19(26)20(28-16)27-15-8-12(7-14(23)9-15)2-1-11-3-5-13(22)6-4-11/h1-9,16-26H,10H2/b2-1+/t16?,17-,18?,19+,20+/m0/s1. The summed E-state index contributed by atoms with van der Waals surface area (Å²) >= 11 is 0. The third-order valence-corrected chi connectivity index (χ3v) is 4.38. The molecule has 8 nitrogen and oxygen atoms in total. The summed E-state index contributed by atoms with van der Waals surface area (Å²) in [6.45, 7) is -0.564. The van der Waals surface area contributed by atoms with E-state index in [1.165, 1.54) is 12.1 Å². The third kappa shape index (κ3) is 4.61. The maximum atomic E-state index is 10.1. The van der Waals surface area contributed by atoms with Crippen molar-refractivity contribution in [3.8, 4) is 17.2 Å². The Balaban J connectivity index is 1.76. The number of ether oxygens (including phenoxy) is 2. The molecule has 5 atom stereocenters. The minimum absolute atomic E-state index is 0.0903. The van der Waals surface area contributed by atoms with Gasteiger partial charge >= 0.3 is 0 Å². The normalized spacial score (nSPS) is 27.8. The van der Waals surface area contributed by atoms with Gasteiger partial charge in [-0.1, -0.05) is 24.3 Å². The first kappa shape index (κ1) is 20.1. The second kappa shape index (κ2) is 8.59. The average Bonchev–Trinajstić information content (AvgIpc) is 2.67. The third-order valence-electron chi connectivity index (χ3n) is 4.38. The van der Waals surface area contributed by atoms with Crippen LogP contribution in [0.15, 0.2) is 42.5 Å². The molecule has 2 unspecified atom stereocenters. The van der Waals surface area contributed by atoms with Crippen molar-refractivity contribution in [2.75, 3.05) is 6.61 Å². The van der Waals surface area contributed by atoms with Crippen LogP contribution in [-0.4, -0.2) is 68.0 Å². The molecule has 1 fully saturated rings. The van der Waals surface area contributed by atoms with E-state index in [1.54, 1.807) is 42.5 Å². The predicted molar refractivity (Wildman–Crippen MR) is 99.5 cm³/mol. The van der Waals surface area contributed by atoms with Crippen molar-refractivity contribution in [2.45, 2.75) is 30.7 Å². The van der Waals surface area contributed by atoms with Crippen molar-refractivity contribution >= 4 is 12.2 Å². The van der Waals surface area contributed by atoms with E-state index in [1.807, 2.05) is 0 Å². The van der Waals surface area contributed by atoms with Gasteiger partial charge in [-0.05, 0) is 35.4 Å². The van der Waals surface area contributed by atoms with Gasteiger partial charge in [0.1, 0.15) is 41.7 Å². The van der Waals surface area contributed by atoms with Crippen LogP contribution in [0.2, 0.25) is 0 Å². The van der Waals surface area contributed by atoms with Crippen LogP contribution in [0.4, 0.5) is 0 Å². The Morgan fingerprint density at radius 2 is 1.50 bits per heavy atom. The number of aliphatic hydroxyl groups excluding tert-OH is 4. The van der Waals surface area contributed by atoms with Gasteiger partial charge in [-0.3, -0.25) is 0 Å². The molecule has 8 heteroatoms. The molecule has 6 N–H and O–H groups in total. The summed E-state index contributed by atoms with van der Waals surface area (Å²) in [5.74, 6) is 0.229. The molecule has 0 aromatic heterocycles. The molecule has 0 bridgehead atoms. The van der Waals surface area contributed by atoms with Gasteiger partial charge in [-0.15, -0.1) is 0 Å². The number of hydrogen-bond acceptors (Lipinski definition) is 8. The van der Waals surface area contributed by atoms with Gasteiger partial charge in [0.15, 0.2) is 0 Å². The molecule has 1 heterocycles. The molecular weight excluding hydrogens is 368 g/mol. The number of phenols is 2. The minimum Gasteiger partial charge on any atom is -0.508 e. The number of rotatable bonds is 5. The Hall–Kier alpha value is -2.62. The highest BCUT2D eigenvalue weighted by atomic mass is 16.7. The van der Waals surface area contributed by atoms with E-state index in [0.717, 1.165) is 5.56 Å². The minimum atomic E-state index is -1.55. The van der Waals surface area contributed by atoms with Gasteiger partial charge in [0.05, 0.1) is 6.61 Å². The highest BCUT2D eigenvalue weighted by Gasteiger charge is 2.44. The largest absolute Gasteiger partial charge is 0.508 e. The summed E-state index contributed by atoms with van der Waals surface area (Å²) in [6.07, 6.45) is -3.52. The molecule has 2 aromatic carbocycles. The maximum absolute atomic E-state index is 10.1. The molecule has 1 aliphatic rings. The summed E-state index contributed by atoms with van der Waals surface area (Å²) < 4.78 is 10.8. The van der Waals surface area contributed by atoms with Gasteiger partial charge in [0.2, 0.25) is 6.29 Å². The van der Waals surface area contributed by atoms with Crippen molar-refractivity contribution in [1.29, 1.82) is 0 Å². The van der Waals surface area contributed by atoms with Crippen LogP contribution in [0.5, 0.6) is 17.2 Å². The second-order valence-corrected chi connectivity index (χ2v) is 6.50. The number of aliphatic hydroxyl groups is 4. The molecule has 0 amide bonds. The van der Waals surface area contributed by atoms with Crippen LogP contribution in [0.3, 0.4) is 0 Å². The molecule has 1 aliphatic heterocycles. The summed E-state index contributed by atoms with van der Waals surface area (Å²) in [7, 11) is 0. The Morgan fingerprint density at radius 1 is 0.821 bits per heavy atom. The van der Waals surface area contributed by atoms with Gasteiger partial charge < -0.3 is 40.1 Å². The van der Waals surface area contributed by atoms with Gasteiger partial charge in [-0.2, -0.15) is 0 Å². The van der Waals surface area contributed by atoms with E-state index < -0.39 is 37.3 Å². The van der Waals surface area contributed by atoms with E-state index in [9.17, 15) is 30.6 Å². The molecule has 2 aromatic rings. The summed E-state index contributed by atoms with van der Waals surface area (Å²) in [4.78, 5) is 0. The van der Waals surface area contributed by atoms with Crippen molar-refractivity contribution < 1.29 is 40.1 Å². The zero-order valence-corrected chi connectivity index (χ0v) is 14.8. The van der Waals surface area contributed by atoms with E-state index in [0.29, 0.717) is 5.56 Å². The highest BCUT2D eigenvalue weighted by molar-refractivity contribution is 5.71. The zero-order valence-electron chi connectivity index (χ0n) is 14.8. The Labute approximate surface area is 161 Å². The number of benzene rings is 2. The van der Waals surface area contributed by atoms with Crippen LogP contribution in [0.25, 0.3) is 12.2 Å². The lowest BCUT2D eigenvalue weighted by atomic mass is 9.99. The average molecular weight is 390 g/mol. The van der Waals surface area contributed by atoms with E-state index in [-0.39, 0.29) is 17.2 Å². The second-order valence-electron chi connectivity index (χ2n) is 6.50. The Morgan fingerprint density at radius 3 is 2.18 bits per heavy atom. The number of hydrogen-bond donors (Lipinski definition) is 6. The lowest BCUT2D eigenvalue weighted by Gasteiger charge is -2.39. The van der Waals surface area contributed by atoms with Crippen LogP contribution < -0.4 is 4.74 Å². The first-order chi connectivity index (χ1) is 13.4. The fraction of sp³-hybridized carbons (Fsp3) is 0.300. The maximum Gasteiger partial charge on any atom is 0.229 e. The van der Waals surface area contributed by atoms with Crippen molar-refractivity contribution in [1.82, 2.24) is 0 Å². The van der Waals surface area contributed by atoms with Crippen LogP contribution >= 0.6 is 0 Å². The van der Waals surface area contributed by atoms with Gasteiger partial charge in [0, 0.05) is 6.07 Å². The van der Waals surface area contributed by atoms with Crippen LogP contribution in [0, 0.1) is 0 Å².